The predicted molar refractivity (Wildman–Crippen MR) is 72.0 cm³/mol. The maximum Gasteiger partial charge on any atom is 0.391 e. The van der Waals surface area contributed by atoms with Crippen molar-refractivity contribution >= 4 is 0 Å². The standard InChI is InChI=1S/C15H21F3N2O/c16-15(17,18)11-3-1-10(2-4-11)13-9-20-14(21-13)7-8-19-12-5-6-12/h9-12,19H,1-8H2. The van der Waals surface area contributed by atoms with Crippen molar-refractivity contribution in [1.82, 2.24) is 10.3 Å². The maximum atomic E-state index is 12.6. The molecule has 2 aliphatic rings. The Kier molecular flexibility index (Phi) is 4.24. The van der Waals surface area contributed by atoms with Crippen LogP contribution in [0.15, 0.2) is 10.6 Å². The minimum absolute atomic E-state index is 0.0984. The van der Waals surface area contributed by atoms with Gasteiger partial charge in [0, 0.05) is 24.9 Å². The van der Waals surface area contributed by atoms with E-state index < -0.39 is 12.1 Å². The summed E-state index contributed by atoms with van der Waals surface area (Å²) in [4.78, 5) is 4.25. The molecule has 0 bridgehead atoms. The average Bonchev–Trinajstić information content (AvgIpc) is 3.14. The monoisotopic (exact) mass is 302 g/mol. The molecule has 0 aliphatic heterocycles. The number of oxazole rings is 1. The summed E-state index contributed by atoms with van der Waals surface area (Å²) in [6.45, 7) is 0.853. The lowest BCUT2D eigenvalue weighted by Crippen LogP contribution is -2.27. The van der Waals surface area contributed by atoms with Crippen LogP contribution >= 0.6 is 0 Å². The minimum atomic E-state index is -4.05. The Balaban J connectivity index is 1.47. The first kappa shape index (κ1) is 14.9. The summed E-state index contributed by atoms with van der Waals surface area (Å²) in [5.41, 5.74) is 0. The number of nitrogens with zero attached hydrogens (tertiary/aromatic N) is 1. The Morgan fingerprint density at radius 2 is 1.86 bits per heavy atom. The van der Waals surface area contributed by atoms with Crippen LogP contribution in [0.3, 0.4) is 0 Å². The summed E-state index contributed by atoms with van der Waals surface area (Å²) in [6, 6.07) is 0.664. The van der Waals surface area contributed by atoms with Gasteiger partial charge in [-0.25, -0.2) is 4.98 Å². The van der Waals surface area contributed by atoms with Crippen LogP contribution in [-0.4, -0.2) is 23.7 Å². The molecule has 1 aromatic heterocycles. The molecule has 0 saturated heterocycles. The molecule has 2 aliphatic carbocycles. The number of nitrogens with one attached hydrogen (secondary N) is 1. The van der Waals surface area contributed by atoms with E-state index in [2.05, 4.69) is 10.3 Å². The van der Waals surface area contributed by atoms with E-state index in [0.717, 1.165) is 18.7 Å². The summed E-state index contributed by atoms with van der Waals surface area (Å²) >= 11 is 0. The van der Waals surface area contributed by atoms with Gasteiger partial charge in [0.2, 0.25) is 0 Å². The molecular weight excluding hydrogens is 281 g/mol. The van der Waals surface area contributed by atoms with Gasteiger partial charge in [0.1, 0.15) is 5.76 Å². The van der Waals surface area contributed by atoms with E-state index in [9.17, 15) is 13.2 Å². The molecule has 1 N–H and O–H groups in total. The summed E-state index contributed by atoms with van der Waals surface area (Å²) in [5, 5.41) is 3.39. The van der Waals surface area contributed by atoms with Crippen LogP contribution < -0.4 is 5.32 Å². The molecule has 0 unspecified atom stereocenters. The van der Waals surface area contributed by atoms with Gasteiger partial charge in [-0.2, -0.15) is 13.2 Å². The van der Waals surface area contributed by atoms with E-state index in [1.165, 1.54) is 12.8 Å². The van der Waals surface area contributed by atoms with E-state index in [1.807, 2.05) is 0 Å². The van der Waals surface area contributed by atoms with E-state index in [1.54, 1.807) is 6.20 Å². The van der Waals surface area contributed by atoms with Crippen molar-refractivity contribution < 1.29 is 17.6 Å². The van der Waals surface area contributed by atoms with Crippen LogP contribution in [0.4, 0.5) is 13.2 Å². The molecule has 0 radical (unpaired) electrons. The van der Waals surface area contributed by atoms with Crippen LogP contribution in [0.25, 0.3) is 0 Å². The highest BCUT2D eigenvalue weighted by Gasteiger charge is 2.42. The van der Waals surface area contributed by atoms with Crippen molar-refractivity contribution in [2.75, 3.05) is 6.54 Å². The highest BCUT2D eigenvalue weighted by atomic mass is 19.4. The number of rotatable bonds is 5. The molecule has 3 rings (SSSR count). The second-order valence-electron chi connectivity index (χ2n) is 6.22. The smallest absolute Gasteiger partial charge is 0.391 e. The summed E-state index contributed by atoms with van der Waals surface area (Å²) in [6.07, 6.45) is 2.38. The number of hydrogen-bond donors (Lipinski definition) is 1. The zero-order chi connectivity index (χ0) is 14.9. The third-order valence-corrected chi connectivity index (χ3v) is 4.51. The van der Waals surface area contributed by atoms with Crippen molar-refractivity contribution in [2.45, 2.75) is 63.1 Å². The SMILES string of the molecule is FC(F)(F)C1CCC(c2cnc(CCNC3CC3)o2)CC1. The first-order valence-electron chi connectivity index (χ1n) is 7.77. The number of halogens is 3. The van der Waals surface area contributed by atoms with Crippen LogP contribution in [0.5, 0.6) is 0 Å². The van der Waals surface area contributed by atoms with Gasteiger partial charge < -0.3 is 9.73 Å². The molecule has 1 aromatic rings. The largest absolute Gasteiger partial charge is 0.445 e. The molecule has 2 fully saturated rings. The lowest BCUT2D eigenvalue weighted by molar-refractivity contribution is -0.182. The average molecular weight is 302 g/mol. The molecular formula is C15H21F3N2O. The molecule has 0 aromatic carbocycles. The van der Waals surface area contributed by atoms with E-state index in [-0.39, 0.29) is 18.8 Å². The van der Waals surface area contributed by atoms with Crippen molar-refractivity contribution in [2.24, 2.45) is 5.92 Å². The Morgan fingerprint density at radius 1 is 1.14 bits per heavy atom. The lowest BCUT2D eigenvalue weighted by atomic mass is 9.81. The predicted octanol–water partition coefficient (Wildman–Crippen LogP) is 3.81. The van der Waals surface area contributed by atoms with E-state index in [4.69, 9.17) is 4.42 Å². The van der Waals surface area contributed by atoms with Gasteiger partial charge in [0.15, 0.2) is 5.89 Å². The molecule has 21 heavy (non-hydrogen) atoms. The summed E-state index contributed by atoms with van der Waals surface area (Å²) in [5.74, 6) is 0.410. The lowest BCUT2D eigenvalue weighted by Gasteiger charge is -2.28. The minimum Gasteiger partial charge on any atom is -0.445 e. The second kappa shape index (κ2) is 5.99. The van der Waals surface area contributed by atoms with Gasteiger partial charge in [0.25, 0.3) is 0 Å². The fourth-order valence-electron chi connectivity index (χ4n) is 3.00. The Morgan fingerprint density at radius 3 is 2.48 bits per heavy atom. The Hall–Kier alpha value is -1.04. The van der Waals surface area contributed by atoms with Crippen molar-refractivity contribution in [3.63, 3.8) is 0 Å². The topological polar surface area (TPSA) is 38.1 Å². The summed E-state index contributed by atoms with van der Waals surface area (Å²) in [7, 11) is 0. The van der Waals surface area contributed by atoms with Gasteiger partial charge in [-0.3, -0.25) is 0 Å². The Bertz CT molecular complexity index is 460. The zero-order valence-corrected chi connectivity index (χ0v) is 12.0. The van der Waals surface area contributed by atoms with Gasteiger partial charge >= 0.3 is 6.18 Å². The fraction of sp³-hybridized carbons (Fsp3) is 0.800. The Labute approximate surface area is 122 Å². The van der Waals surface area contributed by atoms with Crippen LogP contribution in [0, 0.1) is 5.92 Å². The normalized spacial score (nSPS) is 27.0. The maximum absolute atomic E-state index is 12.6. The molecule has 0 spiro atoms. The quantitative estimate of drug-likeness (QED) is 0.899. The number of alkyl halides is 3. The molecule has 2 saturated carbocycles. The molecule has 0 atom stereocenters. The molecule has 1 heterocycles. The first-order valence-corrected chi connectivity index (χ1v) is 7.77. The molecule has 118 valence electrons. The second-order valence-corrected chi connectivity index (χ2v) is 6.22. The number of hydrogen-bond acceptors (Lipinski definition) is 3. The van der Waals surface area contributed by atoms with Crippen LogP contribution in [-0.2, 0) is 6.42 Å². The number of aromatic nitrogens is 1. The van der Waals surface area contributed by atoms with Crippen LogP contribution in [0.2, 0.25) is 0 Å². The third kappa shape index (κ3) is 3.99. The highest BCUT2D eigenvalue weighted by molar-refractivity contribution is 5.04. The zero-order valence-electron chi connectivity index (χ0n) is 12.0. The molecule has 0 amide bonds. The van der Waals surface area contributed by atoms with E-state index in [0.29, 0.717) is 24.8 Å². The van der Waals surface area contributed by atoms with Gasteiger partial charge in [-0.1, -0.05) is 0 Å². The molecule has 3 nitrogen and oxygen atoms in total. The van der Waals surface area contributed by atoms with Gasteiger partial charge in [-0.15, -0.1) is 0 Å². The van der Waals surface area contributed by atoms with Crippen molar-refractivity contribution in [3.05, 3.63) is 17.8 Å². The fourth-order valence-corrected chi connectivity index (χ4v) is 3.00. The van der Waals surface area contributed by atoms with E-state index >= 15 is 0 Å². The first-order chi connectivity index (χ1) is 10.0. The highest BCUT2D eigenvalue weighted by Crippen LogP contribution is 2.42. The van der Waals surface area contributed by atoms with Crippen molar-refractivity contribution in [3.8, 4) is 0 Å². The third-order valence-electron chi connectivity index (χ3n) is 4.51. The van der Waals surface area contributed by atoms with Crippen LogP contribution in [0.1, 0.15) is 56.1 Å². The van der Waals surface area contributed by atoms with Gasteiger partial charge in [0.05, 0.1) is 12.1 Å². The van der Waals surface area contributed by atoms with Crippen molar-refractivity contribution in [1.29, 1.82) is 0 Å². The summed E-state index contributed by atoms with van der Waals surface area (Å²) < 4.78 is 43.6. The van der Waals surface area contributed by atoms with Gasteiger partial charge in [-0.05, 0) is 38.5 Å². The molecule has 6 heteroatoms.